The molecule has 0 radical (unpaired) electrons. The van der Waals surface area contributed by atoms with Gasteiger partial charge in [-0.25, -0.2) is 9.59 Å². The number of halogens is 1. The fourth-order valence-corrected chi connectivity index (χ4v) is 5.32. The summed E-state index contributed by atoms with van der Waals surface area (Å²) in [4.78, 5) is 38.8. The number of thioether (sulfide) groups is 1. The number of carboxylic acid groups (broad SMARTS) is 1. The third kappa shape index (κ3) is 6.40. The van der Waals surface area contributed by atoms with Crippen LogP contribution < -0.4 is 4.74 Å². The molecule has 1 aliphatic heterocycles. The molecule has 1 aliphatic rings. The lowest BCUT2D eigenvalue weighted by atomic mass is 9.98. The van der Waals surface area contributed by atoms with Crippen LogP contribution in [0.5, 0.6) is 5.75 Å². The third-order valence-corrected chi connectivity index (χ3v) is 7.30. The molecule has 1 N–H and O–H groups in total. The van der Waals surface area contributed by atoms with E-state index in [-0.39, 0.29) is 23.3 Å². The summed E-state index contributed by atoms with van der Waals surface area (Å²) in [6.07, 6.45) is 1.73. The lowest BCUT2D eigenvalue weighted by Gasteiger charge is -2.38. The van der Waals surface area contributed by atoms with Crippen molar-refractivity contribution in [3.63, 3.8) is 0 Å². The number of hydrogen-bond acceptors (Lipinski definition) is 7. The first-order valence-electron chi connectivity index (χ1n) is 10.6. The van der Waals surface area contributed by atoms with Crippen LogP contribution in [0.3, 0.4) is 0 Å². The average molecular weight is 504 g/mol. The molecule has 2 aromatic rings. The van der Waals surface area contributed by atoms with E-state index in [1.54, 1.807) is 55.6 Å². The summed E-state index contributed by atoms with van der Waals surface area (Å²) in [7, 11) is 2.85. The van der Waals surface area contributed by atoms with Crippen LogP contribution in [0.15, 0.2) is 60.2 Å². The Bertz CT molecular complexity index is 1090. The molecule has 0 saturated carbocycles. The molecular weight excluding hydrogens is 478 g/mol. The number of carboxylic acids is 1. The van der Waals surface area contributed by atoms with Crippen molar-refractivity contribution in [1.82, 2.24) is 4.90 Å². The summed E-state index contributed by atoms with van der Waals surface area (Å²) < 4.78 is 10.2. The van der Waals surface area contributed by atoms with Crippen molar-refractivity contribution >= 4 is 41.1 Å². The standard InChI is InChI=1S/C25H26ClNO6S/c1-32-18-7-5-6-16(12-18)21(28)15-34-22-10-11-27(14-17(22)13-23(29)30)24(25(31)33-2)19-8-3-4-9-20(19)26/h3-9,12-13,22,24H,10-11,14-15H2,1-2H3,(H,29,30)/b17-13-/t22?,24-/m0/s1. The Balaban J connectivity index is 1.77. The van der Waals surface area contributed by atoms with Crippen LogP contribution in [0.1, 0.15) is 28.4 Å². The highest BCUT2D eigenvalue weighted by atomic mass is 35.5. The van der Waals surface area contributed by atoms with Crippen LogP contribution in [0.4, 0.5) is 0 Å². The molecule has 1 unspecified atom stereocenters. The van der Waals surface area contributed by atoms with E-state index in [9.17, 15) is 19.5 Å². The predicted octanol–water partition coefficient (Wildman–Crippen LogP) is 4.26. The zero-order valence-corrected chi connectivity index (χ0v) is 20.5. The van der Waals surface area contributed by atoms with Crippen LogP contribution in [0.25, 0.3) is 0 Å². The predicted molar refractivity (Wildman–Crippen MR) is 132 cm³/mol. The van der Waals surface area contributed by atoms with Crippen molar-refractivity contribution in [2.45, 2.75) is 17.7 Å². The van der Waals surface area contributed by atoms with Gasteiger partial charge in [-0.15, -0.1) is 11.8 Å². The molecule has 0 aromatic heterocycles. The Morgan fingerprint density at radius 2 is 1.97 bits per heavy atom. The second-order valence-corrected chi connectivity index (χ2v) is 9.32. The van der Waals surface area contributed by atoms with Crippen molar-refractivity contribution in [2.75, 3.05) is 33.1 Å². The molecular formula is C25H26ClNO6S. The monoisotopic (exact) mass is 503 g/mol. The maximum atomic E-state index is 12.7. The Morgan fingerprint density at radius 1 is 1.21 bits per heavy atom. The number of aliphatic carboxylic acids is 1. The molecule has 9 heteroatoms. The normalized spacial score (nSPS) is 18.3. The number of ether oxygens (including phenoxy) is 2. The summed E-state index contributed by atoms with van der Waals surface area (Å²) in [5, 5.41) is 9.70. The van der Waals surface area contributed by atoms with Gasteiger partial charge in [0, 0.05) is 35.0 Å². The largest absolute Gasteiger partial charge is 0.497 e. The maximum absolute atomic E-state index is 12.7. The van der Waals surface area contributed by atoms with Crippen LogP contribution in [-0.2, 0) is 14.3 Å². The molecule has 3 rings (SSSR count). The molecule has 1 heterocycles. The molecule has 7 nitrogen and oxygen atoms in total. The van der Waals surface area contributed by atoms with Gasteiger partial charge >= 0.3 is 11.9 Å². The Kier molecular flexibility index (Phi) is 9.15. The third-order valence-electron chi connectivity index (χ3n) is 5.58. The fraction of sp³-hybridized carbons (Fsp3) is 0.320. The molecule has 1 fully saturated rings. The molecule has 2 atom stereocenters. The van der Waals surface area contributed by atoms with E-state index in [4.69, 9.17) is 21.1 Å². The van der Waals surface area contributed by atoms with Crippen molar-refractivity contribution in [2.24, 2.45) is 0 Å². The van der Waals surface area contributed by atoms with Crippen molar-refractivity contribution in [3.8, 4) is 5.75 Å². The van der Waals surface area contributed by atoms with Gasteiger partial charge in [0.25, 0.3) is 0 Å². The van der Waals surface area contributed by atoms with E-state index in [0.717, 1.165) is 0 Å². The fourth-order valence-electron chi connectivity index (χ4n) is 3.93. The summed E-state index contributed by atoms with van der Waals surface area (Å²) in [5.74, 6) is -0.815. The van der Waals surface area contributed by atoms with Gasteiger partial charge in [-0.05, 0) is 35.8 Å². The second kappa shape index (κ2) is 12.1. The number of ketones is 1. The summed E-state index contributed by atoms with van der Waals surface area (Å²) >= 11 is 7.76. The minimum Gasteiger partial charge on any atom is -0.497 e. The molecule has 0 amide bonds. The molecule has 0 bridgehead atoms. The van der Waals surface area contributed by atoms with Gasteiger partial charge in [0.2, 0.25) is 0 Å². The van der Waals surface area contributed by atoms with E-state index < -0.39 is 18.0 Å². The number of carbonyl (C=O) groups is 3. The number of methoxy groups -OCH3 is 2. The zero-order chi connectivity index (χ0) is 24.7. The van der Waals surface area contributed by atoms with E-state index in [1.165, 1.54) is 24.9 Å². The minimum atomic E-state index is -1.08. The van der Waals surface area contributed by atoms with Gasteiger partial charge in [0.05, 0.1) is 20.0 Å². The number of hydrogen-bond donors (Lipinski definition) is 1. The SMILES string of the molecule is COC(=O)[C@H](c1ccccc1Cl)N1CCC(SCC(=O)c2cccc(OC)c2)/C(=C\C(=O)O)C1. The number of Topliss-reactive ketones (excluding diaryl/α,β-unsaturated/α-hetero) is 1. The molecule has 1 saturated heterocycles. The lowest BCUT2D eigenvalue weighted by Crippen LogP contribution is -2.43. The maximum Gasteiger partial charge on any atom is 0.328 e. The highest BCUT2D eigenvalue weighted by Gasteiger charge is 2.35. The Labute approximate surface area is 207 Å². The van der Waals surface area contributed by atoms with Gasteiger partial charge in [-0.1, -0.05) is 41.9 Å². The van der Waals surface area contributed by atoms with Crippen LogP contribution in [0.2, 0.25) is 5.02 Å². The van der Waals surface area contributed by atoms with Gasteiger partial charge < -0.3 is 14.6 Å². The zero-order valence-electron chi connectivity index (χ0n) is 18.9. The van der Waals surface area contributed by atoms with E-state index >= 15 is 0 Å². The van der Waals surface area contributed by atoms with E-state index in [0.29, 0.717) is 40.4 Å². The lowest BCUT2D eigenvalue weighted by molar-refractivity contribution is -0.147. The minimum absolute atomic E-state index is 0.0653. The molecule has 0 spiro atoms. The summed E-state index contributed by atoms with van der Waals surface area (Å²) in [6, 6.07) is 13.2. The van der Waals surface area contributed by atoms with Crippen molar-refractivity contribution < 1.29 is 29.0 Å². The number of nitrogens with zero attached hydrogens (tertiary/aromatic N) is 1. The van der Waals surface area contributed by atoms with Crippen molar-refractivity contribution in [3.05, 3.63) is 76.3 Å². The number of esters is 1. The van der Waals surface area contributed by atoms with Crippen LogP contribution in [-0.4, -0.2) is 66.0 Å². The quantitative estimate of drug-likeness (QED) is 0.308. The van der Waals surface area contributed by atoms with Gasteiger partial charge in [0.15, 0.2) is 5.78 Å². The Hall–Kier alpha value is -2.81. The van der Waals surface area contributed by atoms with Gasteiger partial charge in [-0.2, -0.15) is 0 Å². The van der Waals surface area contributed by atoms with E-state index in [2.05, 4.69) is 0 Å². The average Bonchev–Trinajstić information content (AvgIpc) is 2.84. The first-order valence-corrected chi connectivity index (χ1v) is 12.0. The Morgan fingerprint density at radius 3 is 2.65 bits per heavy atom. The first-order chi connectivity index (χ1) is 16.3. The van der Waals surface area contributed by atoms with Gasteiger partial charge in [-0.3, -0.25) is 9.69 Å². The van der Waals surface area contributed by atoms with E-state index in [1.807, 2.05) is 4.90 Å². The summed E-state index contributed by atoms with van der Waals surface area (Å²) in [6.45, 7) is 0.745. The number of rotatable bonds is 9. The number of benzene rings is 2. The van der Waals surface area contributed by atoms with Crippen LogP contribution >= 0.6 is 23.4 Å². The van der Waals surface area contributed by atoms with Crippen LogP contribution in [0, 0.1) is 0 Å². The van der Waals surface area contributed by atoms with Crippen molar-refractivity contribution in [1.29, 1.82) is 0 Å². The smallest absolute Gasteiger partial charge is 0.328 e. The first kappa shape index (κ1) is 25.8. The number of likely N-dealkylation sites (tertiary alicyclic amines) is 1. The topological polar surface area (TPSA) is 93.1 Å². The second-order valence-electron chi connectivity index (χ2n) is 7.72. The summed E-state index contributed by atoms with van der Waals surface area (Å²) in [5.41, 5.74) is 1.77. The number of carbonyl (C=O) groups excluding carboxylic acids is 2. The number of piperidine rings is 1. The highest BCUT2D eigenvalue weighted by molar-refractivity contribution is 8.00. The molecule has 2 aromatic carbocycles. The highest BCUT2D eigenvalue weighted by Crippen LogP contribution is 2.35. The molecule has 34 heavy (non-hydrogen) atoms. The molecule has 0 aliphatic carbocycles. The molecule has 180 valence electrons. The van der Waals surface area contributed by atoms with Gasteiger partial charge in [0.1, 0.15) is 11.8 Å².